The van der Waals surface area contributed by atoms with Crippen LogP contribution in [0, 0.1) is 0 Å². The van der Waals surface area contributed by atoms with Gasteiger partial charge in [-0.3, -0.25) is 0 Å². The quantitative estimate of drug-likeness (QED) is 0.643. The van der Waals surface area contributed by atoms with Gasteiger partial charge >= 0.3 is 88.1 Å². The summed E-state index contributed by atoms with van der Waals surface area (Å²) in [5.41, 5.74) is 0. The molecule has 0 saturated heterocycles. The van der Waals surface area contributed by atoms with Gasteiger partial charge in [0.05, 0.1) is 0 Å². The van der Waals surface area contributed by atoms with Gasteiger partial charge in [0.25, 0.3) is 0 Å². The Morgan fingerprint density at radius 2 is 1.29 bits per heavy atom. The third-order valence-corrected chi connectivity index (χ3v) is 4.71. The van der Waals surface area contributed by atoms with Crippen molar-refractivity contribution >= 4 is 60.9 Å². The fourth-order valence-electron chi connectivity index (χ4n) is 0.553. The normalized spacial score (nSPS) is 9.71. The predicted molar refractivity (Wildman–Crippen MR) is 67.9 cm³/mol. The van der Waals surface area contributed by atoms with Crippen LogP contribution in [0.4, 0.5) is 0 Å². The molecule has 0 N–H and O–H groups in total. The van der Waals surface area contributed by atoms with Gasteiger partial charge in [-0.1, -0.05) is 0 Å². The first-order chi connectivity index (χ1) is 6.34. The summed E-state index contributed by atoms with van der Waals surface area (Å²) in [4.78, 5) is 2.00. The molecule has 14 heavy (non-hydrogen) atoms. The van der Waals surface area contributed by atoms with Gasteiger partial charge in [-0.2, -0.15) is 0 Å². The second-order valence-electron chi connectivity index (χ2n) is 3.12. The van der Waals surface area contributed by atoms with E-state index in [1.807, 2.05) is 26.0 Å². The number of halogens is 3. The van der Waals surface area contributed by atoms with Crippen LogP contribution in [0.1, 0.15) is 0 Å². The van der Waals surface area contributed by atoms with Crippen molar-refractivity contribution < 1.29 is 0 Å². The topological polar surface area (TPSA) is 3.24 Å². The molecule has 0 aliphatic rings. The van der Waals surface area contributed by atoms with Crippen molar-refractivity contribution in [3.8, 4) is 0 Å². The number of hydrogen-bond donors (Lipinski definition) is 0. The van der Waals surface area contributed by atoms with E-state index >= 15 is 0 Å². The Labute approximate surface area is 113 Å². The van der Waals surface area contributed by atoms with Crippen molar-refractivity contribution in [2.45, 2.75) is 0 Å². The van der Waals surface area contributed by atoms with Crippen LogP contribution in [0.2, 0.25) is 15.1 Å². The van der Waals surface area contributed by atoms with Crippen molar-refractivity contribution in [1.82, 2.24) is 4.90 Å². The van der Waals surface area contributed by atoms with Crippen molar-refractivity contribution in [2.24, 2.45) is 0 Å². The molecule has 0 aliphatic heterocycles. The summed E-state index contributed by atoms with van der Waals surface area (Å²) >= 11 is 18.2. The number of hydrogen-bond acceptors (Lipinski definition) is 1. The Kier molecular flexibility index (Phi) is 7.61. The molecule has 0 atom stereocenters. The average molecular weight is 359 g/mol. The summed E-state index contributed by atoms with van der Waals surface area (Å²) < 4.78 is 0.998. The molecule has 0 fully saturated rings. The van der Waals surface area contributed by atoms with Crippen LogP contribution in [0.15, 0.2) is 12.1 Å². The summed E-state index contributed by atoms with van der Waals surface area (Å²) in [7, 11) is 6.00. The minimum absolute atomic E-state index is 0.591. The van der Waals surface area contributed by atoms with Crippen molar-refractivity contribution in [3.05, 3.63) is 27.2 Å². The van der Waals surface area contributed by atoms with E-state index in [1.54, 1.807) is 12.1 Å². The van der Waals surface area contributed by atoms with Crippen molar-refractivity contribution in [3.63, 3.8) is 0 Å². The number of nitrogens with zero attached hydrogens (tertiary/aromatic N) is 1. The third-order valence-electron chi connectivity index (χ3n) is 1.04. The zero-order valence-electron chi connectivity index (χ0n) is 8.31. The molecule has 0 aliphatic carbocycles. The fraction of sp³-hybridized carbons (Fsp3) is 0.333. The first-order valence-corrected chi connectivity index (χ1v) is 6.63. The molecule has 1 nitrogen and oxygen atoms in total. The molecule has 0 unspecified atom stereocenters. The molecule has 1 aromatic carbocycles. The Morgan fingerprint density at radius 1 is 1.00 bits per heavy atom. The Balaban J connectivity index is 0.000000364. The van der Waals surface area contributed by atoms with Gasteiger partial charge in [-0.15, -0.1) is 0 Å². The van der Waals surface area contributed by atoms with Crippen LogP contribution < -0.4 is 3.58 Å². The summed E-state index contributed by atoms with van der Waals surface area (Å²) in [5, 5.41) is 1.92. The Bertz CT molecular complexity index is 276. The van der Waals surface area contributed by atoms with Crippen LogP contribution in [0.25, 0.3) is 0 Å². The Morgan fingerprint density at radius 3 is 1.57 bits per heavy atom. The van der Waals surface area contributed by atoms with Crippen molar-refractivity contribution in [1.29, 1.82) is 0 Å². The predicted octanol–water partition coefficient (Wildman–Crippen LogP) is 2.35. The third kappa shape index (κ3) is 6.35. The van der Waals surface area contributed by atoms with Gasteiger partial charge in [0.15, 0.2) is 0 Å². The van der Waals surface area contributed by atoms with E-state index in [4.69, 9.17) is 34.8 Å². The second-order valence-corrected chi connectivity index (χ2v) is 6.02. The Hall–Kier alpha value is 0.849. The summed E-state index contributed by atoms with van der Waals surface area (Å²) in [6.07, 6.45) is 0. The van der Waals surface area contributed by atoms with Crippen LogP contribution in [0.3, 0.4) is 0 Å². The second kappa shape index (κ2) is 7.18. The van der Waals surface area contributed by atoms with Gasteiger partial charge in [0, 0.05) is 0 Å². The fourth-order valence-corrected chi connectivity index (χ4v) is 1.85. The van der Waals surface area contributed by atoms with E-state index in [9.17, 15) is 0 Å². The first-order valence-electron chi connectivity index (χ1n) is 3.85. The van der Waals surface area contributed by atoms with Crippen LogP contribution in [-0.4, -0.2) is 48.6 Å². The number of benzene rings is 1. The van der Waals surface area contributed by atoms with E-state index in [1.165, 1.54) is 0 Å². The molecule has 2 radical (unpaired) electrons. The molecular formula is C9H12Cl3NSn. The van der Waals surface area contributed by atoms with E-state index in [0.29, 0.717) is 15.1 Å². The molecule has 0 saturated carbocycles. The van der Waals surface area contributed by atoms with Crippen LogP contribution in [0.5, 0.6) is 0 Å². The monoisotopic (exact) mass is 359 g/mol. The molecule has 0 bridgehead atoms. The van der Waals surface area contributed by atoms with Gasteiger partial charge in [-0.05, 0) is 21.1 Å². The van der Waals surface area contributed by atoms with E-state index in [2.05, 4.69) is 0 Å². The molecule has 5 heteroatoms. The zero-order valence-corrected chi connectivity index (χ0v) is 13.9. The van der Waals surface area contributed by atoms with E-state index in [-0.39, 0.29) is 0 Å². The summed E-state index contributed by atoms with van der Waals surface area (Å²) in [5.74, 6) is 0. The maximum atomic E-state index is 5.78. The number of rotatable bonds is 0. The molecule has 1 aromatic rings. The summed E-state index contributed by atoms with van der Waals surface area (Å²) in [6.45, 7) is 0. The van der Waals surface area contributed by atoms with Gasteiger partial charge in [0.1, 0.15) is 0 Å². The van der Waals surface area contributed by atoms with Gasteiger partial charge < -0.3 is 4.90 Å². The molecule has 1 rings (SSSR count). The van der Waals surface area contributed by atoms with Crippen molar-refractivity contribution in [2.75, 3.05) is 21.1 Å². The SMILES string of the molecule is CN(C)C.Clc1cc(Cl)[c]([SnH])c(Cl)c1. The molecule has 0 aromatic heterocycles. The first kappa shape index (κ1) is 14.8. The standard InChI is InChI=1S/C6H2Cl3.C3H9N.Sn.H/c7-4-1-5(8)3-6(9)2-4;1-4(2)3;;/h1-2H;1-3H3;;. The van der Waals surface area contributed by atoms with Gasteiger partial charge in [0.2, 0.25) is 0 Å². The molecule has 0 heterocycles. The van der Waals surface area contributed by atoms with E-state index < -0.39 is 0 Å². The average Bonchev–Trinajstić information content (AvgIpc) is 1.98. The zero-order chi connectivity index (χ0) is 11.3. The molecule has 0 amide bonds. The molecule has 0 spiro atoms. The van der Waals surface area contributed by atoms with Crippen LogP contribution >= 0.6 is 34.8 Å². The minimum atomic E-state index is 0.591. The maximum absolute atomic E-state index is 5.78. The van der Waals surface area contributed by atoms with Crippen LogP contribution in [-0.2, 0) is 0 Å². The van der Waals surface area contributed by atoms with Gasteiger partial charge in [-0.25, -0.2) is 0 Å². The molecule has 78 valence electrons. The molecular weight excluding hydrogens is 347 g/mol. The summed E-state index contributed by atoms with van der Waals surface area (Å²) in [6, 6.07) is 3.41. The van der Waals surface area contributed by atoms with E-state index in [0.717, 1.165) is 26.1 Å².